The van der Waals surface area contributed by atoms with Crippen molar-refractivity contribution in [1.29, 1.82) is 0 Å². The number of ether oxygens (including phenoxy) is 1. The standard InChI is InChI=1S/C21H23F3N2O4/c1-30-20(29)17-11-14(5-6-18(17)27)19(28)13-25-7-9-26(10-8-25)16-4-2-3-15(12-16)21(22,23)24/h2-6,11-12,19,27-28H,7-10,13H2,1H3. The van der Waals surface area contributed by atoms with Gasteiger partial charge in [-0.3, -0.25) is 4.90 Å². The second-order valence-corrected chi connectivity index (χ2v) is 7.12. The summed E-state index contributed by atoms with van der Waals surface area (Å²) in [4.78, 5) is 15.6. The number of hydrogen-bond donors (Lipinski definition) is 2. The van der Waals surface area contributed by atoms with Gasteiger partial charge in [0.1, 0.15) is 11.3 Å². The first kappa shape index (κ1) is 21.9. The fraction of sp³-hybridized carbons (Fsp3) is 0.381. The number of carbonyl (C=O) groups excluding carboxylic acids is 1. The Bertz CT molecular complexity index is 896. The molecule has 162 valence electrons. The van der Waals surface area contributed by atoms with Gasteiger partial charge in [-0.25, -0.2) is 4.79 Å². The summed E-state index contributed by atoms with van der Waals surface area (Å²) in [6, 6.07) is 9.51. The number of piperazine rings is 1. The Morgan fingerprint density at radius 1 is 1.13 bits per heavy atom. The zero-order valence-electron chi connectivity index (χ0n) is 16.4. The highest BCUT2D eigenvalue weighted by Gasteiger charge is 2.31. The Morgan fingerprint density at radius 2 is 1.83 bits per heavy atom. The molecule has 1 saturated heterocycles. The number of hydrogen-bond acceptors (Lipinski definition) is 6. The van der Waals surface area contributed by atoms with E-state index in [-0.39, 0.29) is 11.3 Å². The van der Waals surface area contributed by atoms with Crippen LogP contribution in [-0.4, -0.2) is 60.9 Å². The molecule has 30 heavy (non-hydrogen) atoms. The van der Waals surface area contributed by atoms with Crippen LogP contribution in [0, 0.1) is 0 Å². The first-order valence-corrected chi connectivity index (χ1v) is 9.43. The first-order chi connectivity index (χ1) is 14.2. The van der Waals surface area contributed by atoms with Crippen LogP contribution in [0.2, 0.25) is 0 Å². The van der Waals surface area contributed by atoms with Crippen LogP contribution in [-0.2, 0) is 10.9 Å². The predicted molar refractivity (Wildman–Crippen MR) is 105 cm³/mol. The van der Waals surface area contributed by atoms with Crippen molar-refractivity contribution < 1.29 is 32.9 Å². The number of phenolic OH excluding ortho intramolecular Hbond substituents is 1. The van der Waals surface area contributed by atoms with E-state index in [1.165, 1.54) is 31.4 Å². The first-order valence-electron chi connectivity index (χ1n) is 9.43. The number of halogens is 3. The molecule has 2 N–H and O–H groups in total. The average molecular weight is 424 g/mol. The Hall–Kier alpha value is -2.78. The van der Waals surface area contributed by atoms with Gasteiger partial charge >= 0.3 is 12.1 Å². The fourth-order valence-electron chi connectivity index (χ4n) is 3.45. The molecule has 1 aliphatic heterocycles. The number of nitrogens with zero attached hydrogens (tertiary/aromatic N) is 2. The van der Waals surface area contributed by atoms with Gasteiger partial charge in [-0.15, -0.1) is 0 Å². The molecule has 0 aliphatic carbocycles. The second kappa shape index (κ2) is 8.93. The maximum absolute atomic E-state index is 12.9. The highest BCUT2D eigenvalue weighted by molar-refractivity contribution is 5.92. The van der Waals surface area contributed by atoms with E-state index in [0.29, 0.717) is 44.0 Å². The summed E-state index contributed by atoms with van der Waals surface area (Å²) in [5.74, 6) is -0.927. The largest absolute Gasteiger partial charge is 0.507 e. The van der Waals surface area contributed by atoms with Gasteiger partial charge in [0.2, 0.25) is 0 Å². The number of rotatable bonds is 5. The number of aliphatic hydroxyl groups is 1. The van der Waals surface area contributed by atoms with Crippen LogP contribution in [0.3, 0.4) is 0 Å². The van der Waals surface area contributed by atoms with Crippen LogP contribution >= 0.6 is 0 Å². The van der Waals surface area contributed by atoms with E-state index >= 15 is 0 Å². The monoisotopic (exact) mass is 424 g/mol. The zero-order chi connectivity index (χ0) is 21.9. The number of aliphatic hydroxyl groups excluding tert-OH is 1. The number of benzene rings is 2. The second-order valence-electron chi connectivity index (χ2n) is 7.12. The molecule has 0 amide bonds. The van der Waals surface area contributed by atoms with Crippen molar-refractivity contribution in [2.75, 3.05) is 44.7 Å². The lowest BCUT2D eigenvalue weighted by atomic mass is 10.0. The van der Waals surface area contributed by atoms with E-state index in [1.54, 1.807) is 6.07 Å². The third-order valence-corrected chi connectivity index (χ3v) is 5.15. The molecule has 1 heterocycles. The van der Waals surface area contributed by atoms with Gasteiger partial charge in [0.25, 0.3) is 0 Å². The van der Waals surface area contributed by atoms with Crippen LogP contribution in [0.25, 0.3) is 0 Å². The molecule has 0 spiro atoms. The number of esters is 1. The van der Waals surface area contributed by atoms with Crippen LogP contribution in [0.1, 0.15) is 27.6 Å². The zero-order valence-corrected chi connectivity index (χ0v) is 16.4. The van der Waals surface area contributed by atoms with E-state index in [2.05, 4.69) is 4.74 Å². The van der Waals surface area contributed by atoms with Gasteiger partial charge in [0.15, 0.2) is 0 Å². The quantitative estimate of drug-likeness (QED) is 0.719. The molecule has 3 rings (SSSR count). The molecule has 1 atom stereocenters. The van der Waals surface area contributed by atoms with Gasteiger partial charge in [-0.2, -0.15) is 13.2 Å². The lowest BCUT2D eigenvalue weighted by Crippen LogP contribution is -2.47. The van der Waals surface area contributed by atoms with Crippen LogP contribution in [0.4, 0.5) is 18.9 Å². The number of aromatic hydroxyl groups is 1. The normalized spacial score (nSPS) is 16.4. The maximum Gasteiger partial charge on any atom is 0.416 e. The van der Waals surface area contributed by atoms with Gasteiger partial charge in [0.05, 0.1) is 18.8 Å². The molecule has 9 heteroatoms. The molecule has 0 bridgehead atoms. The topological polar surface area (TPSA) is 73.2 Å². The molecule has 0 saturated carbocycles. The highest BCUT2D eigenvalue weighted by atomic mass is 19.4. The van der Waals surface area contributed by atoms with E-state index in [4.69, 9.17) is 0 Å². The Kier molecular flexibility index (Phi) is 6.52. The van der Waals surface area contributed by atoms with Crippen molar-refractivity contribution in [1.82, 2.24) is 4.90 Å². The molecule has 1 aliphatic rings. The maximum atomic E-state index is 12.9. The van der Waals surface area contributed by atoms with E-state index in [0.717, 1.165) is 12.1 Å². The number of alkyl halides is 3. The Labute approximate surface area is 172 Å². The number of β-amino-alcohol motifs (C(OH)–C–C–N with tert-alkyl or cyclic N) is 1. The minimum Gasteiger partial charge on any atom is -0.507 e. The number of carbonyl (C=O) groups is 1. The minimum atomic E-state index is -4.38. The Balaban J connectivity index is 1.60. The average Bonchev–Trinajstić information content (AvgIpc) is 2.73. The van der Waals surface area contributed by atoms with E-state index in [1.807, 2.05) is 9.80 Å². The molecule has 1 fully saturated rings. The summed E-state index contributed by atoms with van der Waals surface area (Å²) >= 11 is 0. The molecule has 0 radical (unpaired) electrons. The van der Waals surface area contributed by atoms with Crippen molar-refractivity contribution in [3.8, 4) is 5.75 Å². The molecular formula is C21H23F3N2O4. The third kappa shape index (κ3) is 5.03. The summed E-state index contributed by atoms with van der Waals surface area (Å²) in [7, 11) is 1.20. The van der Waals surface area contributed by atoms with E-state index < -0.39 is 23.8 Å². The van der Waals surface area contributed by atoms with Crippen molar-refractivity contribution in [3.63, 3.8) is 0 Å². The molecule has 2 aromatic rings. The molecule has 6 nitrogen and oxygen atoms in total. The van der Waals surface area contributed by atoms with Gasteiger partial charge in [-0.1, -0.05) is 12.1 Å². The van der Waals surface area contributed by atoms with Gasteiger partial charge in [0, 0.05) is 38.4 Å². The van der Waals surface area contributed by atoms with Crippen LogP contribution < -0.4 is 4.90 Å². The Morgan fingerprint density at radius 3 is 2.47 bits per heavy atom. The van der Waals surface area contributed by atoms with Crippen LogP contribution in [0.5, 0.6) is 5.75 Å². The lowest BCUT2D eigenvalue weighted by molar-refractivity contribution is -0.137. The third-order valence-electron chi connectivity index (χ3n) is 5.15. The summed E-state index contributed by atoms with van der Waals surface area (Å²) in [5, 5.41) is 20.3. The van der Waals surface area contributed by atoms with Gasteiger partial charge < -0.3 is 19.8 Å². The van der Waals surface area contributed by atoms with Crippen molar-refractivity contribution in [3.05, 3.63) is 59.2 Å². The van der Waals surface area contributed by atoms with Crippen molar-refractivity contribution in [2.45, 2.75) is 12.3 Å². The number of phenols is 1. The summed E-state index contributed by atoms with van der Waals surface area (Å²) in [5.41, 5.74) is 0.287. The fourth-order valence-corrected chi connectivity index (χ4v) is 3.45. The molecule has 1 unspecified atom stereocenters. The minimum absolute atomic E-state index is 0.0246. The molecule has 2 aromatic carbocycles. The summed E-state index contributed by atoms with van der Waals surface area (Å²) < 4.78 is 43.4. The number of anilines is 1. The van der Waals surface area contributed by atoms with Crippen molar-refractivity contribution in [2.24, 2.45) is 0 Å². The molecule has 0 aromatic heterocycles. The van der Waals surface area contributed by atoms with Crippen molar-refractivity contribution >= 4 is 11.7 Å². The van der Waals surface area contributed by atoms with E-state index in [9.17, 15) is 28.2 Å². The SMILES string of the molecule is COC(=O)c1cc(C(O)CN2CCN(c3cccc(C(F)(F)F)c3)CC2)ccc1O. The summed E-state index contributed by atoms with van der Waals surface area (Å²) in [6.07, 6.45) is -5.27. The predicted octanol–water partition coefficient (Wildman–Crippen LogP) is 3.05. The van der Waals surface area contributed by atoms with Gasteiger partial charge in [-0.05, 0) is 35.9 Å². The molecular weight excluding hydrogens is 401 g/mol. The number of methoxy groups -OCH3 is 1. The lowest BCUT2D eigenvalue weighted by Gasteiger charge is -2.37. The smallest absolute Gasteiger partial charge is 0.416 e. The van der Waals surface area contributed by atoms with Crippen LogP contribution in [0.15, 0.2) is 42.5 Å². The highest BCUT2D eigenvalue weighted by Crippen LogP contribution is 2.32. The summed E-state index contributed by atoms with van der Waals surface area (Å²) in [6.45, 7) is 2.47.